The fraction of sp³-hybridized carbons (Fsp3) is 0.750. The van der Waals surface area contributed by atoms with E-state index in [9.17, 15) is 0 Å². The number of hydrogen-bond acceptors (Lipinski definition) is 0. The predicted octanol–water partition coefficient (Wildman–Crippen LogP) is -3.04. The third kappa shape index (κ3) is 486. The van der Waals surface area contributed by atoms with E-state index < -0.39 is 0 Å². The molecule has 0 fully saturated rings. The summed E-state index contributed by atoms with van der Waals surface area (Å²) < 4.78 is 0. The molecule has 0 atom stereocenters. The molecule has 0 aliphatic carbocycles. The zero-order valence-electron chi connectivity index (χ0n) is 7.82. The summed E-state index contributed by atoms with van der Waals surface area (Å²) >= 11 is 0. The maximum atomic E-state index is 3.64. The molecular formula is C8H18Cl2Hf. The standard InChI is InChI=1S/2C4H9.2ClH.Hf/c2*1-4(2)3;;;/h2*4H,1H2,2-3H3;2*1H;/q2*-1;;;+4/p-2. The van der Waals surface area contributed by atoms with Crippen molar-refractivity contribution in [3.05, 3.63) is 13.8 Å². The molecule has 0 unspecified atom stereocenters. The number of hydrogen-bond donors (Lipinski definition) is 0. The van der Waals surface area contributed by atoms with Crippen LogP contribution in [-0.4, -0.2) is 0 Å². The second-order valence-electron chi connectivity index (χ2n) is 2.79. The first kappa shape index (κ1) is 29.4. The summed E-state index contributed by atoms with van der Waals surface area (Å²) in [7, 11) is 0. The summed E-state index contributed by atoms with van der Waals surface area (Å²) in [6, 6.07) is 0. The van der Waals surface area contributed by atoms with Crippen LogP contribution in [0.25, 0.3) is 0 Å². The van der Waals surface area contributed by atoms with Crippen LogP contribution in [0.3, 0.4) is 0 Å². The smallest absolute Gasteiger partial charge is 1.00 e. The Kier molecular flexibility index (Phi) is 60.2. The Bertz CT molecular complexity index is 27.6. The molecule has 0 spiro atoms. The van der Waals surface area contributed by atoms with Crippen LogP contribution in [0.5, 0.6) is 0 Å². The molecule has 0 aliphatic heterocycles. The Morgan fingerprint density at radius 3 is 0.727 bits per heavy atom. The van der Waals surface area contributed by atoms with Crippen molar-refractivity contribution in [1.82, 2.24) is 0 Å². The Morgan fingerprint density at radius 2 is 0.727 bits per heavy atom. The third-order valence-electron chi connectivity index (χ3n) is 0. The molecule has 0 saturated carbocycles. The van der Waals surface area contributed by atoms with Gasteiger partial charge in [-0.3, -0.25) is 0 Å². The topological polar surface area (TPSA) is 0 Å². The van der Waals surface area contributed by atoms with Crippen LogP contribution < -0.4 is 24.8 Å². The van der Waals surface area contributed by atoms with Crippen LogP contribution >= 0.6 is 0 Å². The van der Waals surface area contributed by atoms with Gasteiger partial charge in [0, 0.05) is 0 Å². The minimum atomic E-state index is 0. The molecule has 0 nitrogen and oxygen atoms in total. The zero-order chi connectivity index (χ0) is 7.15. The minimum absolute atomic E-state index is 0. The van der Waals surface area contributed by atoms with Crippen molar-refractivity contribution in [3.8, 4) is 0 Å². The van der Waals surface area contributed by atoms with Gasteiger partial charge in [0.05, 0.1) is 0 Å². The summed E-state index contributed by atoms with van der Waals surface area (Å²) in [6.45, 7) is 15.5. The van der Waals surface area contributed by atoms with Gasteiger partial charge in [0.25, 0.3) is 0 Å². The molecule has 0 heterocycles. The van der Waals surface area contributed by atoms with E-state index >= 15 is 0 Å². The molecule has 0 aromatic rings. The van der Waals surface area contributed by atoms with Crippen molar-refractivity contribution in [2.45, 2.75) is 27.7 Å². The average Bonchev–Trinajstić information content (AvgIpc) is 1.25. The molecule has 0 aromatic carbocycles. The van der Waals surface area contributed by atoms with Gasteiger partial charge >= 0.3 is 25.8 Å². The molecule has 0 aliphatic rings. The van der Waals surface area contributed by atoms with Crippen LogP contribution in [0, 0.1) is 25.7 Å². The van der Waals surface area contributed by atoms with Crippen LogP contribution in [-0.2, 0) is 25.8 Å². The maximum Gasteiger partial charge on any atom is 4.00 e. The second-order valence-corrected chi connectivity index (χ2v) is 2.79. The summed E-state index contributed by atoms with van der Waals surface area (Å²) in [6.07, 6.45) is 0. The third-order valence-corrected chi connectivity index (χ3v) is 0. The van der Waals surface area contributed by atoms with Crippen LogP contribution in [0.2, 0.25) is 0 Å². The SMILES string of the molecule is [CH2-]C(C)C.[CH2-]C(C)C.[Cl-].[Cl-].[Hf+4]. The Hall–Kier alpha value is 1.45. The summed E-state index contributed by atoms with van der Waals surface area (Å²) in [4.78, 5) is 0. The molecular weight excluding hydrogens is 345 g/mol. The molecule has 0 aromatic heterocycles. The van der Waals surface area contributed by atoms with E-state index in [0.29, 0.717) is 11.8 Å². The van der Waals surface area contributed by atoms with Gasteiger partial charge in [-0.2, -0.15) is 11.8 Å². The van der Waals surface area contributed by atoms with Gasteiger partial charge < -0.3 is 38.7 Å². The Labute approximate surface area is 104 Å². The second kappa shape index (κ2) is 22.5. The van der Waals surface area contributed by atoms with Gasteiger partial charge in [0.1, 0.15) is 0 Å². The summed E-state index contributed by atoms with van der Waals surface area (Å²) in [5.41, 5.74) is 0. The fourth-order valence-electron chi connectivity index (χ4n) is 0. The fourth-order valence-corrected chi connectivity index (χ4v) is 0. The average molecular weight is 364 g/mol. The van der Waals surface area contributed by atoms with Gasteiger partial charge in [-0.1, -0.05) is 27.7 Å². The largest absolute Gasteiger partial charge is 4.00 e. The van der Waals surface area contributed by atoms with E-state index in [-0.39, 0.29) is 50.7 Å². The number of rotatable bonds is 0. The van der Waals surface area contributed by atoms with Crippen molar-refractivity contribution in [2.24, 2.45) is 11.8 Å². The van der Waals surface area contributed by atoms with Crippen molar-refractivity contribution >= 4 is 0 Å². The van der Waals surface area contributed by atoms with E-state index in [0.717, 1.165) is 0 Å². The van der Waals surface area contributed by atoms with Crippen LogP contribution in [0.15, 0.2) is 0 Å². The molecule has 0 N–H and O–H groups in total. The van der Waals surface area contributed by atoms with Crippen LogP contribution in [0.4, 0.5) is 0 Å². The van der Waals surface area contributed by atoms with Crippen molar-refractivity contribution in [3.63, 3.8) is 0 Å². The van der Waals surface area contributed by atoms with Gasteiger partial charge in [0.2, 0.25) is 0 Å². The maximum absolute atomic E-state index is 3.64. The normalized spacial score (nSPS) is 6.55. The van der Waals surface area contributed by atoms with Crippen molar-refractivity contribution < 1.29 is 50.7 Å². The van der Waals surface area contributed by atoms with Gasteiger partial charge in [-0.05, 0) is 0 Å². The zero-order valence-corrected chi connectivity index (χ0v) is 12.9. The first-order chi connectivity index (χ1) is 3.46. The molecule has 0 rings (SSSR count). The van der Waals surface area contributed by atoms with Crippen molar-refractivity contribution in [2.75, 3.05) is 0 Å². The van der Waals surface area contributed by atoms with E-state index in [1.165, 1.54) is 0 Å². The molecule has 68 valence electrons. The molecule has 0 bridgehead atoms. The quantitative estimate of drug-likeness (QED) is 0.317. The van der Waals surface area contributed by atoms with E-state index in [4.69, 9.17) is 0 Å². The van der Waals surface area contributed by atoms with Gasteiger partial charge in [0.15, 0.2) is 0 Å². The monoisotopic (exact) mass is 364 g/mol. The van der Waals surface area contributed by atoms with Gasteiger partial charge in [-0.25, -0.2) is 0 Å². The van der Waals surface area contributed by atoms with Gasteiger partial charge in [-0.15, -0.1) is 0 Å². The Morgan fingerprint density at radius 1 is 0.727 bits per heavy atom. The van der Waals surface area contributed by atoms with E-state index in [2.05, 4.69) is 41.5 Å². The summed E-state index contributed by atoms with van der Waals surface area (Å²) in [5, 5.41) is 0. The summed E-state index contributed by atoms with van der Waals surface area (Å²) in [5.74, 6) is 1.17. The first-order valence-corrected chi connectivity index (χ1v) is 3.13. The molecule has 0 saturated heterocycles. The van der Waals surface area contributed by atoms with Crippen LogP contribution in [0.1, 0.15) is 27.7 Å². The predicted molar refractivity (Wildman–Crippen MR) is 40.4 cm³/mol. The molecule has 3 heteroatoms. The number of halogens is 2. The Balaban J connectivity index is -0.0000000171. The van der Waals surface area contributed by atoms with Crippen molar-refractivity contribution in [1.29, 1.82) is 0 Å². The van der Waals surface area contributed by atoms with E-state index in [1.54, 1.807) is 0 Å². The minimum Gasteiger partial charge on any atom is -1.00 e. The molecule has 11 heavy (non-hydrogen) atoms. The first-order valence-electron chi connectivity index (χ1n) is 3.13. The molecule has 0 amide bonds. The molecule has 0 radical (unpaired) electrons. The van der Waals surface area contributed by atoms with E-state index in [1.807, 2.05) is 0 Å².